The van der Waals surface area contributed by atoms with E-state index in [4.69, 9.17) is 9.47 Å². The Hall–Kier alpha value is -5.55. The second kappa shape index (κ2) is 15.0. The van der Waals surface area contributed by atoms with Crippen LogP contribution in [0.25, 0.3) is 6.08 Å². The van der Waals surface area contributed by atoms with Gasteiger partial charge in [0, 0.05) is 47.4 Å². The van der Waals surface area contributed by atoms with Crippen LogP contribution in [0.1, 0.15) is 66.0 Å². The van der Waals surface area contributed by atoms with E-state index in [2.05, 4.69) is 9.97 Å². The van der Waals surface area contributed by atoms with E-state index in [1.807, 2.05) is 36.4 Å². The lowest BCUT2D eigenvalue weighted by molar-refractivity contribution is -0.422. The van der Waals surface area contributed by atoms with Crippen molar-refractivity contribution in [3.63, 3.8) is 0 Å². The fourth-order valence-corrected chi connectivity index (χ4v) is 9.60. The summed E-state index contributed by atoms with van der Waals surface area (Å²) >= 11 is 0. The minimum absolute atomic E-state index is 0.0297. The first-order valence-electron chi connectivity index (χ1n) is 19.2. The van der Waals surface area contributed by atoms with Gasteiger partial charge in [-0.15, -0.1) is 0 Å². The van der Waals surface area contributed by atoms with Gasteiger partial charge in [-0.2, -0.15) is 0 Å². The second-order valence-corrected chi connectivity index (χ2v) is 15.6. The number of carbonyl (C=O) groups is 2. The zero-order valence-electron chi connectivity index (χ0n) is 31.3. The van der Waals surface area contributed by atoms with Gasteiger partial charge in [-0.3, -0.25) is 9.69 Å². The Morgan fingerprint density at radius 3 is 2.43 bits per heavy atom. The Morgan fingerprint density at radius 2 is 1.74 bits per heavy atom. The Kier molecular flexibility index (Phi) is 10.2. The normalized spacial score (nSPS) is 30.0. The van der Waals surface area contributed by atoms with Crippen molar-refractivity contribution in [2.24, 2.45) is 5.92 Å². The summed E-state index contributed by atoms with van der Waals surface area (Å²) in [6.07, 6.45) is 6.17. The summed E-state index contributed by atoms with van der Waals surface area (Å²) in [5, 5.41) is 86.0. The molecule has 1 saturated heterocycles. The number of carbonyl (C=O) groups excluding carboxylic acids is 1. The molecular weight excluding hydrogens is 750 g/mol. The molecule has 58 heavy (non-hydrogen) atoms. The summed E-state index contributed by atoms with van der Waals surface area (Å²) in [6, 6.07) is 17.1. The van der Waals surface area contributed by atoms with Gasteiger partial charge in [-0.1, -0.05) is 67.8 Å². The average Bonchev–Trinajstić information content (AvgIpc) is 3.95. The zero-order chi connectivity index (χ0) is 41.0. The molecule has 1 amide bonds. The lowest BCUT2D eigenvalue weighted by Crippen LogP contribution is -2.67. The molecule has 8 rings (SSSR count). The van der Waals surface area contributed by atoms with Crippen LogP contribution in [0.4, 0.5) is 5.69 Å². The molecule has 3 heterocycles. The summed E-state index contributed by atoms with van der Waals surface area (Å²) in [7, 11) is 0. The van der Waals surface area contributed by atoms with Crippen molar-refractivity contribution in [3.05, 3.63) is 119 Å². The number of aromatic nitrogens is 2. The summed E-state index contributed by atoms with van der Waals surface area (Å²) in [5.74, 6) is -7.69. The Balaban J connectivity index is 1.24. The lowest BCUT2D eigenvalue weighted by Gasteiger charge is -2.46. The first-order chi connectivity index (χ1) is 27.8. The highest BCUT2D eigenvalue weighted by Gasteiger charge is 2.66. The van der Waals surface area contributed by atoms with Gasteiger partial charge in [0.2, 0.25) is 0 Å². The molecule has 8 atom stereocenters. The molecule has 304 valence electrons. The fraction of sp³-hybridized carbons (Fsp3) is 0.372. The number of carboxylic acids is 1. The molecule has 3 aromatic carbocycles. The molecule has 2 aliphatic heterocycles. The molecule has 1 saturated carbocycles. The van der Waals surface area contributed by atoms with E-state index in [9.17, 15) is 50.4 Å². The van der Waals surface area contributed by atoms with Crippen molar-refractivity contribution in [2.75, 3.05) is 11.5 Å². The molecule has 4 aliphatic rings. The first kappa shape index (κ1) is 39.3. The number of carboxylic acid groups (broad SMARTS) is 1. The maximum atomic E-state index is 14.7. The number of aliphatic carboxylic acids is 1. The Morgan fingerprint density at radius 1 is 0.983 bits per heavy atom. The molecule has 1 aromatic heterocycles. The number of aromatic amines is 1. The highest BCUT2D eigenvalue weighted by Crippen LogP contribution is 2.64. The number of nitrogens with one attached hydrogen (secondary N) is 1. The van der Waals surface area contributed by atoms with Crippen LogP contribution in [0.15, 0.2) is 91.4 Å². The fourth-order valence-electron chi connectivity index (χ4n) is 9.60. The van der Waals surface area contributed by atoms with Gasteiger partial charge < -0.3 is 55.3 Å². The van der Waals surface area contributed by atoms with E-state index in [1.54, 1.807) is 24.4 Å². The first-order valence-corrected chi connectivity index (χ1v) is 19.2. The van der Waals surface area contributed by atoms with E-state index < -0.39 is 83.2 Å². The summed E-state index contributed by atoms with van der Waals surface area (Å²) in [4.78, 5) is 36.8. The van der Waals surface area contributed by atoms with E-state index in [-0.39, 0.29) is 11.4 Å². The molecule has 2 fully saturated rings. The van der Waals surface area contributed by atoms with Gasteiger partial charge in [0.25, 0.3) is 5.91 Å². The topological polar surface area (TPSA) is 246 Å². The van der Waals surface area contributed by atoms with Crippen LogP contribution in [0.5, 0.6) is 17.2 Å². The molecule has 0 unspecified atom stereocenters. The van der Waals surface area contributed by atoms with Crippen LogP contribution in [0, 0.1) is 5.92 Å². The number of ether oxygens (including phenoxy) is 2. The van der Waals surface area contributed by atoms with Crippen molar-refractivity contribution in [3.8, 4) is 17.2 Å². The zero-order valence-corrected chi connectivity index (χ0v) is 31.3. The van der Waals surface area contributed by atoms with Gasteiger partial charge >= 0.3 is 11.9 Å². The number of H-pyrrole nitrogens is 1. The van der Waals surface area contributed by atoms with Gasteiger partial charge in [-0.05, 0) is 59.7 Å². The monoisotopic (exact) mass is 795 g/mol. The number of imidazole rings is 1. The number of fused-ring (bicyclic) bond motifs is 3. The van der Waals surface area contributed by atoms with Crippen molar-refractivity contribution in [1.82, 2.24) is 9.97 Å². The summed E-state index contributed by atoms with van der Waals surface area (Å²) in [6.45, 7) is -0.882. The number of hydrogen-bond acceptors (Lipinski definition) is 12. The molecule has 0 radical (unpaired) electrons. The molecular formula is C43H45N3O12. The number of aliphatic hydroxyl groups is 5. The highest BCUT2D eigenvalue weighted by atomic mass is 16.8. The molecule has 15 heteroatoms. The average molecular weight is 796 g/mol. The molecule has 2 aliphatic carbocycles. The molecule has 4 aromatic rings. The SMILES string of the molecule is O=C(/C=C/c1ccc(O)c(Cc2cnc[nH]2)c1)N1c2cc(O[C@]3(O)O[C@H](CO)[C@@H](O)[C@H](O)[C@H]3O)c(O)cc2[C@H]2[C@H](C3(c4ccccc4)CCCCC3)C=C[C@]21C(=O)O. The molecule has 0 bridgehead atoms. The number of rotatable bonds is 10. The largest absolute Gasteiger partial charge is 0.508 e. The number of phenolic OH excluding ortho intramolecular Hbond substituents is 2. The van der Waals surface area contributed by atoms with Crippen molar-refractivity contribution < 1.29 is 59.9 Å². The number of amides is 1. The van der Waals surface area contributed by atoms with Gasteiger partial charge in [0.15, 0.2) is 23.1 Å². The predicted octanol–water partition coefficient (Wildman–Crippen LogP) is 2.97. The van der Waals surface area contributed by atoms with Crippen LogP contribution in [-0.2, 0) is 26.2 Å². The number of benzene rings is 3. The third-order valence-electron chi connectivity index (χ3n) is 12.4. The van der Waals surface area contributed by atoms with Crippen LogP contribution in [0.3, 0.4) is 0 Å². The van der Waals surface area contributed by atoms with E-state index in [0.717, 1.165) is 48.3 Å². The maximum Gasteiger partial charge on any atom is 0.355 e. The summed E-state index contributed by atoms with van der Waals surface area (Å²) < 4.78 is 10.9. The minimum Gasteiger partial charge on any atom is -0.508 e. The minimum atomic E-state index is -3.11. The number of nitrogens with zero attached hydrogens (tertiary/aromatic N) is 2. The van der Waals surface area contributed by atoms with Gasteiger partial charge in [-0.25, -0.2) is 9.78 Å². The summed E-state index contributed by atoms with van der Waals surface area (Å²) in [5.41, 5.74) is 0.681. The third kappa shape index (κ3) is 6.34. The molecule has 15 nitrogen and oxygen atoms in total. The number of allylic oxidation sites excluding steroid dienone is 1. The second-order valence-electron chi connectivity index (χ2n) is 15.6. The van der Waals surface area contributed by atoms with Crippen LogP contribution >= 0.6 is 0 Å². The maximum absolute atomic E-state index is 14.7. The smallest absolute Gasteiger partial charge is 0.355 e. The number of aliphatic hydroxyl groups excluding tert-OH is 4. The van der Waals surface area contributed by atoms with E-state index in [0.29, 0.717) is 23.1 Å². The molecule has 9 N–H and O–H groups in total. The number of aromatic hydroxyl groups is 2. The van der Waals surface area contributed by atoms with Crippen LogP contribution in [0.2, 0.25) is 0 Å². The van der Waals surface area contributed by atoms with Crippen LogP contribution < -0.4 is 9.64 Å². The third-order valence-corrected chi connectivity index (χ3v) is 12.4. The predicted molar refractivity (Wildman–Crippen MR) is 207 cm³/mol. The number of hydrogen-bond donors (Lipinski definition) is 9. The Labute approximate surface area is 332 Å². The number of anilines is 1. The Bertz CT molecular complexity index is 2240. The van der Waals surface area contributed by atoms with Crippen molar-refractivity contribution in [1.29, 1.82) is 0 Å². The van der Waals surface area contributed by atoms with Crippen LogP contribution in [-0.4, -0.2) is 105 Å². The highest BCUT2D eigenvalue weighted by molar-refractivity contribution is 6.13. The number of phenols is 2. The standard InChI is InChI=1S/C43H45N3O12/c47-22-34-37(51)38(52)39(53)43(56,58-34)57-33-20-30-28(19-32(33)49)36-29(41(14-5-2-6-15-41)26-7-3-1-4-8-26)13-16-42(36,40(54)55)46(30)35(50)12-10-24-9-11-31(48)25(17-24)18-27-21-44-23-45-27/h1,3-4,7-13,16-17,19-21,23,29,34,36-39,47-49,51-53,56H,2,5-6,14-15,18,22H2,(H,44,45)(H,54,55)/b12-10+/t29-,34-,36+,37-,38+,39-,42-,43+/m1/s1. The lowest BCUT2D eigenvalue weighted by atomic mass is 9.57. The van der Waals surface area contributed by atoms with E-state index >= 15 is 0 Å². The van der Waals surface area contributed by atoms with E-state index in [1.165, 1.54) is 36.7 Å². The van der Waals surface area contributed by atoms with Gasteiger partial charge in [0.05, 0.1) is 18.6 Å². The van der Waals surface area contributed by atoms with Gasteiger partial charge in [0.1, 0.15) is 24.1 Å². The van der Waals surface area contributed by atoms with Crippen molar-refractivity contribution >= 4 is 23.6 Å². The van der Waals surface area contributed by atoms with Crippen molar-refractivity contribution in [2.45, 2.75) is 85.8 Å². The molecule has 0 spiro atoms. The quantitative estimate of drug-likeness (QED) is 0.0638.